The van der Waals surface area contributed by atoms with Crippen molar-refractivity contribution in [2.75, 3.05) is 19.8 Å². The number of likely N-dealkylation sites (tertiary alicyclic amines) is 1. The van der Waals surface area contributed by atoms with Crippen LogP contribution in [-0.4, -0.2) is 48.0 Å². The summed E-state index contributed by atoms with van der Waals surface area (Å²) in [6.45, 7) is 10.3. The fourth-order valence-electron chi connectivity index (χ4n) is 4.22. The van der Waals surface area contributed by atoms with Crippen molar-refractivity contribution < 1.29 is 19.1 Å². The van der Waals surface area contributed by atoms with Gasteiger partial charge in [-0.25, -0.2) is 4.99 Å². The van der Waals surface area contributed by atoms with E-state index in [2.05, 4.69) is 0 Å². The van der Waals surface area contributed by atoms with Gasteiger partial charge in [0.25, 0.3) is 0 Å². The molecule has 1 unspecified atom stereocenters. The Kier molecular flexibility index (Phi) is 7.02. The van der Waals surface area contributed by atoms with Crippen molar-refractivity contribution in [2.45, 2.75) is 46.1 Å². The highest BCUT2D eigenvalue weighted by molar-refractivity contribution is 6.24. The zero-order valence-corrected chi connectivity index (χ0v) is 19.5. The van der Waals surface area contributed by atoms with Crippen LogP contribution in [0, 0.1) is 5.41 Å². The maximum Gasteiger partial charge on any atom is 0.332 e. The van der Waals surface area contributed by atoms with E-state index in [1.165, 1.54) is 0 Å². The molecule has 170 valence electrons. The number of carbonyl (C=O) groups excluding carboxylic acids is 2. The Bertz CT molecular complexity index is 946. The second-order valence-electron chi connectivity index (χ2n) is 8.76. The van der Waals surface area contributed by atoms with Crippen LogP contribution in [0.15, 0.2) is 65.7 Å². The Balaban J connectivity index is 2.36. The van der Waals surface area contributed by atoms with Crippen LogP contribution in [0.3, 0.4) is 0 Å². The summed E-state index contributed by atoms with van der Waals surface area (Å²) in [4.78, 5) is 34.3. The molecule has 2 aromatic rings. The molecule has 0 aliphatic carbocycles. The lowest BCUT2D eigenvalue weighted by Crippen LogP contribution is -2.53. The van der Waals surface area contributed by atoms with Gasteiger partial charge in [0.2, 0.25) is 5.41 Å². The van der Waals surface area contributed by atoms with Crippen molar-refractivity contribution in [2.24, 2.45) is 10.4 Å². The van der Waals surface area contributed by atoms with Gasteiger partial charge in [-0.3, -0.25) is 9.59 Å². The van der Waals surface area contributed by atoms with E-state index >= 15 is 0 Å². The molecule has 6 heteroatoms. The minimum Gasteiger partial charge on any atom is -0.465 e. The lowest BCUT2D eigenvalue weighted by atomic mass is 9.73. The molecule has 0 radical (unpaired) electrons. The number of hydrogen-bond acceptors (Lipinski definition) is 5. The van der Waals surface area contributed by atoms with Crippen molar-refractivity contribution in [1.82, 2.24) is 4.90 Å². The van der Waals surface area contributed by atoms with Gasteiger partial charge in [-0.2, -0.15) is 0 Å². The number of ether oxygens (including phenoxy) is 2. The Labute approximate surface area is 190 Å². The third kappa shape index (κ3) is 4.27. The average molecular weight is 437 g/mol. The first kappa shape index (κ1) is 23.5. The Hall–Kier alpha value is -3.15. The molecular weight excluding hydrogens is 404 g/mol. The predicted molar refractivity (Wildman–Crippen MR) is 125 cm³/mol. The number of nitrogens with zero attached hydrogens (tertiary/aromatic N) is 2. The first-order chi connectivity index (χ1) is 15.3. The second-order valence-corrected chi connectivity index (χ2v) is 8.76. The molecule has 0 N–H and O–H groups in total. The van der Waals surface area contributed by atoms with Gasteiger partial charge in [-0.15, -0.1) is 0 Å². The number of esters is 2. The lowest BCUT2D eigenvalue weighted by Gasteiger charge is -2.36. The van der Waals surface area contributed by atoms with E-state index in [-0.39, 0.29) is 13.2 Å². The van der Waals surface area contributed by atoms with Crippen LogP contribution < -0.4 is 0 Å². The number of para-hydroxylation sites is 1. The Morgan fingerprint density at radius 3 is 1.91 bits per heavy atom. The molecule has 1 saturated heterocycles. The summed E-state index contributed by atoms with van der Waals surface area (Å²) < 4.78 is 11.1. The Morgan fingerprint density at radius 2 is 1.44 bits per heavy atom. The van der Waals surface area contributed by atoms with E-state index in [9.17, 15) is 9.59 Å². The molecule has 3 rings (SSSR count). The van der Waals surface area contributed by atoms with Crippen LogP contribution in [0.1, 0.15) is 46.1 Å². The van der Waals surface area contributed by atoms with Gasteiger partial charge >= 0.3 is 11.9 Å². The number of amidine groups is 1. The zero-order valence-electron chi connectivity index (χ0n) is 19.5. The van der Waals surface area contributed by atoms with Gasteiger partial charge in [0.05, 0.1) is 18.9 Å². The summed E-state index contributed by atoms with van der Waals surface area (Å²) in [6.07, 6.45) is 0. The van der Waals surface area contributed by atoms with Crippen LogP contribution in [0.5, 0.6) is 0 Å². The Morgan fingerprint density at radius 1 is 0.938 bits per heavy atom. The predicted octanol–water partition coefficient (Wildman–Crippen LogP) is 4.73. The van der Waals surface area contributed by atoms with Crippen LogP contribution >= 0.6 is 0 Å². The molecule has 32 heavy (non-hydrogen) atoms. The maximum atomic E-state index is 13.7. The SMILES string of the molecule is CCOC(=O)C1(C(=O)OCC)C(=Nc2ccccc2)N(C(C)(C)C)CC1c1ccccc1. The van der Waals surface area contributed by atoms with Crippen LogP contribution in [0.2, 0.25) is 0 Å². The minimum atomic E-state index is -1.71. The van der Waals surface area contributed by atoms with E-state index < -0.39 is 28.8 Å². The van der Waals surface area contributed by atoms with Gasteiger partial charge in [-0.05, 0) is 52.3 Å². The second kappa shape index (κ2) is 9.55. The fraction of sp³-hybridized carbons (Fsp3) is 0.423. The average Bonchev–Trinajstić information content (AvgIpc) is 3.11. The summed E-state index contributed by atoms with van der Waals surface area (Å²) in [6, 6.07) is 19.0. The summed E-state index contributed by atoms with van der Waals surface area (Å²) in [5.74, 6) is -1.41. The molecule has 1 aliphatic heterocycles. The number of hydrogen-bond donors (Lipinski definition) is 0. The van der Waals surface area contributed by atoms with Crippen molar-refractivity contribution >= 4 is 23.5 Å². The van der Waals surface area contributed by atoms with Gasteiger partial charge in [-0.1, -0.05) is 48.5 Å². The number of rotatable bonds is 6. The van der Waals surface area contributed by atoms with E-state index in [0.29, 0.717) is 18.1 Å². The summed E-state index contributed by atoms with van der Waals surface area (Å²) in [5, 5.41) is 0. The van der Waals surface area contributed by atoms with Crippen LogP contribution in [0.25, 0.3) is 0 Å². The molecule has 0 amide bonds. The van der Waals surface area contributed by atoms with Crippen molar-refractivity contribution in [3.05, 3.63) is 66.2 Å². The molecule has 0 spiro atoms. The van der Waals surface area contributed by atoms with Gasteiger partial charge in [0.15, 0.2) is 0 Å². The van der Waals surface area contributed by atoms with Gasteiger partial charge in [0.1, 0.15) is 5.84 Å². The third-order valence-corrected chi connectivity index (χ3v) is 5.69. The quantitative estimate of drug-likeness (QED) is 0.484. The van der Waals surface area contributed by atoms with E-state index in [1.54, 1.807) is 13.8 Å². The highest BCUT2D eigenvalue weighted by Crippen LogP contribution is 2.49. The molecule has 1 heterocycles. The van der Waals surface area contributed by atoms with E-state index in [0.717, 1.165) is 5.56 Å². The summed E-state index contributed by atoms with van der Waals surface area (Å²) in [7, 11) is 0. The number of aliphatic imine (C=N–C) groups is 1. The molecule has 1 fully saturated rings. The van der Waals surface area contributed by atoms with Crippen molar-refractivity contribution in [1.29, 1.82) is 0 Å². The first-order valence-electron chi connectivity index (χ1n) is 11.1. The molecule has 6 nitrogen and oxygen atoms in total. The topological polar surface area (TPSA) is 68.2 Å². The molecule has 0 aromatic heterocycles. The lowest BCUT2D eigenvalue weighted by molar-refractivity contribution is -0.167. The molecule has 0 saturated carbocycles. The summed E-state index contributed by atoms with van der Waals surface area (Å²) in [5.41, 5.74) is -0.595. The normalized spacial score (nSPS) is 19.1. The third-order valence-electron chi connectivity index (χ3n) is 5.69. The molecule has 1 atom stereocenters. The van der Waals surface area contributed by atoms with Gasteiger partial charge in [0, 0.05) is 18.0 Å². The molecule has 2 aromatic carbocycles. The van der Waals surface area contributed by atoms with Crippen LogP contribution in [-0.2, 0) is 19.1 Å². The molecule has 1 aliphatic rings. The minimum absolute atomic E-state index is 0.148. The zero-order chi connectivity index (χ0) is 23.4. The first-order valence-corrected chi connectivity index (χ1v) is 11.1. The van der Waals surface area contributed by atoms with Crippen molar-refractivity contribution in [3.8, 4) is 0 Å². The fourth-order valence-corrected chi connectivity index (χ4v) is 4.22. The van der Waals surface area contributed by atoms with E-state index in [1.807, 2.05) is 86.3 Å². The van der Waals surface area contributed by atoms with Crippen LogP contribution in [0.4, 0.5) is 5.69 Å². The molecular formula is C26H32N2O4. The number of benzene rings is 2. The molecule has 0 bridgehead atoms. The van der Waals surface area contributed by atoms with Crippen molar-refractivity contribution in [3.63, 3.8) is 0 Å². The largest absolute Gasteiger partial charge is 0.465 e. The smallest absolute Gasteiger partial charge is 0.332 e. The standard InChI is InChI=1S/C26H32N2O4/c1-6-31-23(29)26(24(30)32-7-2)21(19-14-10-8-11-15-19)18-28(25(3,4)5)22(26)27-20-16-12-9-13-17-20/h8-17,21H,6-7,18H2,1-5H3. The van der Waals surface area contributed by atoms with Gasteiger partial charge < -0.3 is 14.4 Å². The van der Waals surface area contributed by atoms with E-state index in [4.69, 9.17) is 14.5 Å². The summed E-state index contributed by atoms with van der Waals surface area (Å²) >= 11 is 0. The maximum absolute atomic E-state index is 13.7. The highest BCUT2D eigenvalue weighted by Gasteiger charge is 2.66. The monoisotopic (exact) mass is 436 g/mol. The number of carbonyl (C=O) groups is 2. The highest BCUT2D eigenvalue weighted by atomic mass is 16.6.